The van der Waals surface area contributed by atoms with Gasteiger partial charge in [0, 0.05) is 11.6 Å². The number of nitrogens with zero attached hydrogens (tertiary/aromatic N) is 1. The molecule has 2 aromatic rings. The summed E-state index contributed by atoms with van der Waals surface area (Å²) in [6.45, 7) is 6.96. The number of aliphatic hydroxyl groups is 1. The number of fused-ring (bicyclic) bond motifs is 1. The molecule has 24 heavy (non-hydrogen) atoms. The first-order chi connectivity index (χ1) is 11.3. The van der Waals surface area contributed by atoms with Gasteiger partial charge in [-0.05, 0) is 37.5 Å². The van der Waals surface area contributed by atoms with E-state index in [0.717, 1.165) is 0 Å². The number of rotatable bonds is 5. The van der Waals surface area contributed by atoms with Crippen LogP contribution in [0.2, 0.25) is 0 Å². The summed E-state index contributed by atoms with van der Waals surface area (Å²) in [4.78, 5) is 24.8. The minimum absolute atomic E-state index is 0.0140. The van der Waals surface area contributed by atoms with Crippen LogP contribution in [-0.2, 0) is 4.74 Å². The van der Waals surface area contributed by atoms with Crippen LogP contribution in [0.15, 0.2) is 23.1 Å². The van der Waals surface area contributed by atoms with Crippen molar-refractivity contribution in [3.05, 3.63) is 45.5 Å². The lowest BCUT2D eigenvalue weighted by molar-refractivity contribution is 0.0523. The first kappa shape index (κ1) is 18.1. The van der Waals surface area contributed by atoms with Gasteiger partial charge in [-0.15, -0.1) is 0 Å². The average Bonchev–Trinajstić information content (AvgIpc) is 2.52. The van der Waals surface area contributed by atoms with Crippen LogP contribution in [0, 0.1) is 18.7 Å². The standard InChI is InChI=1S/C18H22FNO4/c1-5-24-18(23)13-8-20(16(9-21)10(2)3)15-7-14(19)11(4)6-12(15)17(13)22/h6-8,10,16,21H,5,9H2,1-4H3. The predicted octanol–water partition coefficient (Wildman–Crippen LogP) is 2.82. The van der Waals surface area contributed by atoms with E-state index < -0.39 is 23.3 Å². The molecule has 1 aromatic heterocycles. The SMILES string of the molecule is CCOC(=O)c1cn(C(CO)C(C)C)c2cc(F)c(C)cc2c1=O. The molecule has 0 radical (unpaired) electrons. The van der Waals surface area contributed by atoms with Crippen molar-refractivity contribution in [2.24, 2.45) is 5.92 Å². The Labute approximate surface area is 139 Å². The van der Waals surface area contributed by atoms with Crippen molar-refractivity contribution in [1.82, 2.24) is 4.57 Å². The lowest BCUT2D eigenvalue weighted by Crippen LogP contribution is -2.26. The van der Waals surface area contributed by atoms with E-state index >= 15 is 0 Å². The highest BCUT2D eigenvalue weighted by atomic mass is 19.1. The molecule has 1 heterocycles. The van der Waals surface area contributed by atoms with Gasteiger partial charge >= 0.3 is 5.97 Å². The number of halogens is 1. The van der Waals surface area contributed by atoms with E-state index in [1.807, 2.05) is 13.8 Å². The topological polar surface area (TPSA) is 68.5 Å². The molecule has 1 atom stereocenters. The third-order valence-electron chi connectivity index (χ3n) is 4.12. The van der Waals surface area contributed by atoms with Crippen molar-refractivity contribution in [1.29, 1.82) is 0 Å². The van der Waals surface area contributed by atoms with Gasteiger partial charge in [-0.3, -0.25) is 4.79 Å². The third kappa shape index (κ3) is 3.19. The second-order valence-electron chi connectivity index (χ2n) is 6.11. The predicted molar refractivity (Wildman–Crippen MR) is 89.8 cm³/mol. The zero-order chi connectivity index (χ0) is 18.0. The van der Waals surface area contributed by atoms with Crippen LogP contribution >= 0.6 is 0 Å². The molecule has 1 N–H and O–H groups in total. The Morgan fingerprint density at radius 2 is 2.04 bits per heavy atom. The van der Waals surface area contributed by atoms with Gasteiger partial charge < -0.3 is 14.4 Å². The third-order valence-corrected chi connectivity index (χ3v) is 4.12. The van der Waals surface area contributed by atoms with Crippen molar-refractivity contribution >= 4 is 16.9 Å². The normalized spacial score (nSPS) is 12.6. The number of carbonyl (C=O) groups excluding carboxylic acids is 1. The maximum atomic E-state index is 14.0. The van der Waals surface area contributed by atoms with Gasteiger partial charge in [0.2, 0.25) is 5.43 Å². The zero-order valence-corrected chi connectivity index (χ0v) is 14.3. The van der Waals surface area contributed by atoms with E-state index in [0.29, 0.717) is 11.1 Å². The maximum absolute atomic E-state index is 14.0. The summed E-state index contributed by atoms with van der Waals surface area (Å²) in [5, 5.41) is 9.96. The quantitative estimate of drug-likeness (QED) is 0.853. The molecular weight excluding hydrogens is 313 g/mol. The number of aliphatic hydroxyl groups excluding tert-OH is 1. The first-order valence-electron chi connectivity index (χ1n) is 7.94. The molecule has 5 nitrogen and oxygen atoms in total. The minimum atomic E-state index is -0.722. The lowest BCUT2D eigenvalue weighted by Gasteiger charge is -2.25. The fourth-order valence-electron chi connectivity index (χ4n) is 2.73. The van der Waals surface area contributed by atoms with Crippen molar-refractivity contribution in [3.63, 3.8) is 0 Å². The molecule has 130 valence electrons. The Hall–Kier alpha value is -2.21. The molecule has 0 bridgehead atoms. The summed E-state index contributed by atoms with van der Waals surface area (Å²) in [6.07, 6.45) is 1.36. The van der Waals surface area contributed by atoms with Crippen LogP contribution in [0.4, 0.5) is 4.39 Å². The molecule has 0 amide bonds. The van der Waals surface area contributed by atoms with Crippen molar-refractivity contribution in [2.75, 3.05) is 13.2 Å². The number of ether oxygens (including phenoxy) is 1. The highest BCUT2D eigenvalue weighted by Crippen LogP contribution is 2.25. The van der Waals surface area contributed by atoms with Crippen molar-refractivity contribution < 1.29 is 19.0 Å². The maximum Gasteiger partial charge on any atom is 0.343 e. The molecule has 2 rings (SSSR count). The summed E-state index contributed by atoms with van der Waals surface area (Å²) < 4.78 is 20.6. The highest BCUT2D eigenvalue weighted by molar-refractivity contribution is 5.94. The smallest absolute Gasteiger partial charge is 0.343 e. The monoisotopic (exact) mass is 335 g/mol. The second-order valence-corrected chi connectivity index (χ2v) is 6.11. The Balaban J connectivity index is 2.88. The summed E-state index contributed by atoms with van der Waals surface area (Å²) in [6, 6.07) is 2.30. The molecule has 1 unspecified atom stereocenters. The van der Waals surface area contributed by atoms with E-state index in [9.17, 15) is 19.1 Å². The zero-order valence-electron chi connectivity index (χ0n) is 14.3. The van der Waals surface area contributed by atoms with Gasteiger partial charge in [-0.2, -0.15) is 0 Å². The van der Waals surface area contributed by atoms with Gasteiger partial charge in [-0.1, -0.05) is 13.8 Å². The minimum Gasteiger partial charge on any atom is -0.462 e. The van der Waals surface area contributed by atoms with Gasteiger partial charge in [0.25, 0.3) is 0 Å². The number of carbonyl (C=O) groups is 1. The van der Waals surface area contributed by atoms with E-state index in [1.54, 1.807) is 18.4 Å². The van der Waals surface area contributed by atoms with Crippen LogP contribution in [-0.4, -0.2) is 28.9 Å². The number of esters is 1. The number of aromatic nitrogens is 1. The number of hydrogen-bond acceptors (Lipinski definition) is 4. The highest BCUT2D eigenvalue weighted by Gasteiger charge is 2.22. The van der Waals surface area contributed by atoms with E-state index in [4.69, 9.17) is 4.74 Å². The average molecular weight is 335 g/mol. The number of benzene rings is 1. The van der Waals surface area contributed by atoms with Crippen LogP contribution in [0.25, 0.3) is 10.9 Å². The fraction of sp³-hybridized carbons (Fsp3) is 0.444. The van der Waals surface area contributed by atoms with Crippen molar-refractivity contribution in [2.45, 2.75) is 33.7 Å². The molecule has 0 aliphatic heterocycles. The summed E-state index contributed by atoms with van der Waals surface area (Å²) in [5.74, 6) is -1.15. The van der Waals surface area contributed by atoms with Gasteiger partial charge in [0.1, 0.15) is 11.4 Å². The van der Waals surface area contributed by atoms with E-state index in [1.165, 1.54) is 18.3 Å². The fourth-order valence-corrected chi connectivity index (χ4v) is 2.73. The van der Waals surface area contributed by atoms with Gasteiger partial charge in [0.05, 0.1) is 24.8 Å². The summed E-state index contributed by atoms with van der Waals surface area (Å²) in [7, 11) is 0. The molecule has 0 saturated heterocycles. The Morgan fingerprint density at radius 1 is 1.38 bits per heavy atom. The van der Waals surface area contributed by atoms with Crippen LogP contribution < -0.4 is 5.43 Å². The Bertz CT molecular complexity index is 826. The summed E-state index contributed by atoms with van der Waals surface area (Å²) in [5.41, 5.74) is 0.0545. The van der Waals surface area contributed by atoms with Crippen LogP contribution in [0.5, 0.6) is 0 Å². The number of aryl methyl sites for hydroxylation is 1. The van der Waals surface area contributed by atoms with E-state index in [-0.39, 0.29) is 30.1 Å². The number of pyridine rings is 1. The lowest BCUT2D eigenvalue weighted by atomic mass is 10.0. The van der Waals surface area contributed by atoms with Crippen molar-refractivity contribution in [3.8, 4) is 0 Å². The van der Waals surface area contributed by atoms with Gasteiger partial charge in [0.15, 0.2) is 0 Å². The molecule has 0 fully saturated rings. The Kier molecular flexibility index (Phi) is 5.39. The van der Waals surface area contributed by atoms with Gasteiger partial charge in [-0.25, -0.2) is 9.18 Å². The molecule has 0 spiro atoms. The van der Waals surface area contributed by atoms with Crippen LogP contribution in [0.3, 0.4) is 0 Å². The molecule has 0 aliphatic rings. The molecule has 6 heteroatoms. The first-order valence-corrected chi connectivity index (χ1v) is 7.94. The van der Waals surface area contributed by atoms with E-state index in [2.05, 4.69) is 0 Å². The molecule has 1 aromatic carbocycles. The number of hydrogen-bond donors (Lipinski definition) is 1. The molecular formula is C18H22FNO4. The Morgan fingerprint density at radius 3 is 2.58 bits per heavy atom. The largest absolute Gasteiger partial charge is 0.462 e. The molecule has 0 aliphatic carbocycles. The second kappa shape index (κ2) is 7.13. The summed E-state index contributed by atoms with van der Waals surface area (Å²) >= 11 is 0. The molecule has 0 saturated carbocycles. The van der Waals surface area contributed by atoms with Crippen LogP contribution in [0.1, 0.15) is 42.7 Å².